The molecule has 27 heavy (non-hydrogen) atoms. The maximum Gasteiger partial charge on any atom is 0.248 e. The zero-order valence-electron chi connectivity index (χ0n) is 14.5. The monoisotopic (exact) mass is 362 g/mol. The van der Waals surface area contributed by atoms with E-state index in [0.29, 0.717) is 28.6 Å². The van der Waals surface area contributed by atoms with Crippen molar-refractivity contribution in [3.05, 3.63) is 48.3 Å². The van der Waals surface area contributed by atoms with Gasteiger partial charge in [-0.3, -0.25) is 0 Å². The van der Waals surface area contributed by atoms with Gasteiger partial charge >= 0.3 is 0 Å². The molecule has 2 aromatic carbocycles. The van der Waals surface area contributed by atoms with Gasteiger partial charge in [0.05, 0.1) is 28.6 Å². The molecule has 0 spiro atoms. The third-order valence-electron chi connectivity index (χ3n) is 4.19. The van der Waals surface area contributed by atoms with E-state index < -0.39 is 6.67 Å². The molecule has 0 fully saturated rings. The van der Waals surface area contributed by atoms with Gasteiger partial charge in [0.25, 0.3) is 0 Å². The summed E-state index contributed by atoms with van der Waals surface area (Å²) in [5, 5.41) is 20.4. The number of nitriles is 1. The summed E-state index contributed by atoms with van der Waals surface area (Å²) in [7, 11) is 1.92. The standard InChI is InChI=1S/C19H15FN6O/c1-26-11-23-16-5-3-13(9-17(16)26)19-25-24-18(27-19)12-2-4-15(22-7-6-20)14(8-12)10-21/h2-5,8-9,11,22H,6-7H2,1H3. The highest BCUT2D eigenvalue weighted by molar-refractivity contribution is 5.80. The average Bonchev–Trinajstić information content (AvgIpc) is 3.33. The summed E-state index contributed by atoms with van der Waals surface area (Å²) in [5.74, 6) is 0.690. The fourth-order valence-corrected chi connectivity index (χ4v) is 2.82. The van der Waals surface area contributed by atoms with E-state index in [2.05, 4.69) is 26.6 Å². The van der Waals surface area contributed by atoms with Gasteiger partial charge < -0.3 is 14.3 Å². The molecule has 8 heteroatoms. The molecule has 0 aliphatic carbocycles. The van der Waals surface area contributed by atoms with Crippen LogP contribution < -0.4 is 5.32 Å². The minimum atomic E-state index is -0.513. The summed E-state index contributed by atoms with van der Waals surface area (Å²) in [6.45, 7) is -0.365. The Morgan fingerprint density at radius 3 is 2.63 bits per heavy atom. The molecule has 134 valence electrons. The van der Waals surface area contributed by atoms with Crippen molar-refractivity contribution in [1.82, 2.24) is 19.7 Å². The molecular formula is C19H15FN6O. The van der Waals surface area contributed by atoms with Crippen molar-refractivity contribution in [3.8, 4) is 29.0 Å². The van der Waals surface area contributed by atoms with Gasteiger partial charge in [-0.15, -0.1) is 10.2 Å². The van der Waals surface area contributed by atoms with E-state index in [1.807, 2.05) is 29.8 Å². The molecule has 0 saturated heterocycles. The van der Waals surface area contributed by atoms with Crippen LogP contribution in [-0.2, 0) is 7.05 Å². The third kappa shape index (κ3) is 3.11. The van der Waals surface area contributed by atoms with Gasteiger partial charge in [0.15, 0.2) is 0 Å². The lowest BCUT2D eigenvalue weighted by Gasteiger charge is -2.06. The molecular weight excluding hydrogens is 347 g/mol. The molecule has 7 nitrogen and oxygen atoms in total. The summed E-state index contributed by atoms with van der Waals surface area (Å²) in [4.78, 5) is 4.29. The number of nitrogens with zero attached hydrogens (tertiary/aromatic N) is 5. The zero-order valence-corrected chi connectivity index (χ0v) is 14.5. The van der Waals surface area contributed by atoms with E-state index in [1.165, 1.54) is 0 Å². The van der Waals surface area contributed by atoms with Crippen LogP contribution in [0.2, 0.25) is 0 Å². The fraction of sp³-hybridized carbons (Fsp3) is 0.158. The van der Waals surface area contributed by atoms with Crippen LogP contribution in [0.25, 0.3) is 33.9 Å². The van der Waals surface area contributed by atoms with Crippen LogP contribution >= 0.6 is 0 Å². The van der Waals surface area contributed by atoms with Crippen LogP contribution in [0.1, 0.15) is 5.56 Å². The molecule has 2 aromatic heterocycles. The molecule has 0 aliphatic heterocycles. The van der Waals surface area contributed by atoms with Crippen molar-refractivity contribution >= 4 is 16.7 Å². The van der Waals surface area contributed by atoms with Crippen LogP contribution in [0.5, 0.6) is 0 Å². The van der Waals surface area contributed by atoms with Crippen LogP contribution in [0, 0.1) is 11.3 Å². The summed E-state index contributed by atoms with van der Waals surface area (Å²) < 4.78 is 20.1. The van der Waals surface area contributed by atoms with Crippen molar-refractivity contribution in [1.29, 1.82) is 5.26 Å². The lowest BCUT2D eigenvalue weighted by molar-refractivity contribution is 0.513. The van der Waals surface area contributed by atoms with Crippen molar-refractivity contribution in [2.45, 2.75) is 0 Å². The summed E-state index contributed by atoms with van der Waals surface area (Å²) in [6, 6.07) is 12.9. The number of hydrogen-bond donors (Lipinski definition) is 1. The fourth-order valence-electron chi connectivity index (χ4n) is 2.82. The number of aryl methyl sites for hydroxylation is 1. The minimum absolute atomic E-state index is 0.148. The summed E-state index contributed by atoms with van der Waals surface area (Å²) in [5.41, 5.74) is 4.21. The molecule has 0 atom stereocenters. The summed E-state index contributed by atoms with van der Waals surface area (Å²) in [6.07, 6.45) is 1.75. The number of halogens is 1. The normalized spacial score (nSPS) is 10.9. The molecule has 0 bridgehead atoms. The van der Waals surface area contributed by atoms with Gasteiger partial charge in [-0.1, -0.05) is 0 Å². The maximum absolute atomic E-state index is 12.3. The van der Waals surface area contributed by atoms with Crippen LogP contribution in [0.4, 0.5) is 10.1 Å². The second-order valence-corrected chi connectivity index (χ2v) is 5.96. The van der Waals surface area contributed by atoms with Gasteiger partial charge in [0.1, 0.15) is 12.7 Å². The number of benzene rings is 2. The first-order chi connectivity index (χ1) is 13.2. The zero-order chi connectivity index (χ0) is 18.8. The molecule has 4 rings (SSSR count). The Kier molecular flexibility index (Phi) is 4.26. The number of nitrogens with one attached hydrogen (secondary N) is 1. The minimum Gasteiger partial charge on any atom is -0.416 e. The van der Waals surface area contributed by atoms with Crippen molar-refractivity contribution in [2.24, 2.45) is 7.05 Å². The Balaban J connectivity index is 1.67. The molecule has 0 aliphatic rings. The van der Waals surface area contributed by atoms with Crippen LogP contribution in [0.3, 0.4) is 0 Å². The molecule has 1 N–H and O–H groups in total. The number of hydrogen-bond acceptors (Lipinski definition) is 6. The Labute approximate surface area is 154 Å². The molecule has 0 saturated carbocycles. The lowest BCUT2D eigenvalue weighted by Crippen LogP contribution is -2.04. The quantitative estimate of drug-likeness (QED) is 0.584. The number of rotatable bonds is 5. The van der Waals surface area contributed by atoms with Crippen LogP contribution in [-0.4, -0.2) is 33.0 Å². The Bertz CT molecular complexity index is 1160. The first kappa shape index (κ1) is 16.7. The van der Waals surface area contributed by atoms with Gasteiger partial charge in [-0.2, -0.15) is 5.26 Å². The maximum atomic E-state index is 12.3. The number of alkyl halides is 1. The third-order valence-corrected chi connectivity index (χ3v) is 4.19. The molecule has 2 heterocycles. The van der Waals surface area contributed by atoms with E-state index >= 15 is 0 Å². The number of aromatic nitrogens is 4. The Hall–Kier alpha value is -3.73. The van der Waals surface area contributed by atoms with Gasteiger partial charge in [-0.05, 0) is 36.4 Å². The van der Waals surface area contributed by atoms with Gasteiger partial charge in [0, 0.05) is 24.7 Å². The Morgan fingerprint density at radius 1 is 1.15 bits per heavy atom. The van der Waals surface area contributed by atoms with E-state index in [9.17, 15) is 9.65 Å². The Morgan fingerprint density at radius 2 is 1.89 bits per heavy atom. The van der Waals surface area contributed by atoms with Crippen molar-refractivity contribution in [2.75, 3.05) is 18.5 Å². The van der Waals surface area contributed by atoms with E-state index in [4.69, 9.17) is 4.42 Å². The predicted molar refractivity (Wildman–Crippen MR) is 98.6 cm³/mol. The van der Waals surface area contributed by atoms with E-state index in [0.717, 1.165) is 16.6 Å². The largest absolute Gasteiger partial charge is 0.416 e. The lowest BCUT2D eigenvalue weighted by atomic mass is 10.1. The number of fused-ring (bicyclic) bond motifs is 1. The van der Waals surface area contributed by atoms with Crippen molar-refractivity contribution < 1.29 is 8.81 Å². The SMILES string of the molecule is Cn1cnc2ccc(-c3nnc(-c4ccc(NCCF)c(C#N)c4)o3)cc21. The first-order valence-electron chi connectivity index (χ1n) is 8.29. The first-order valence-corrected chi connectivity index (χ1v) is 8.29. The second kappa shape index (κ2) is 6.88. The summed E-state index contributed by atoms with van der Waals surface area (Å²) >= 11 is 0. The highest BCUT2D eigenvalue weighted by Gasteiger charge is 2.14. The molecule has 0 radical (unpaired) electrons. The topological polar surface area (TPSA) is 92.6 Å². The number of imidazole rings is 1. The number of anilines is 1. The van der Waals surface area contributed by atoms with E-state index in [-0.39, 0.29) is 6.54 Å². The van der Waals surface area contributed by atoms with Gasteiger partial charge in [-0.25, -0.2) is 9.37 Å². The molecule has 0 amide bonds. The van der Waals surface area contributed by atoms with Crippen LogP contribution in [0.15, 0.2) is 47.1 Å². The molecule has 0 unspecified atom stereocenters. The highest BCUT2D eigenvalue weighted by Crippen LogP contribution is 2.28. The average molecular weight is 362 g/mol. The smallest absolute Gasteiger partial charge is 0.248 e. The second-order valence-electron chi connectivity index (χ2n) is 5.96. The van der Waals surface area contributed by atoms with E-state index in [1.54, 1.807) is 24.5 Å². The van der Waals surface area contributed by atoms with Gasteiger partial charge in [0.2, 0.25) is 11.8 Å². The van der Waals surface area contributed by atoms with Crippen molar-refractivity contribution in [3.63, 3.8) is 0 Å². The molecule has 4 aromatic rings. The predicted octanol–water partition coefficient (Wildman–Crippen LogP) is 3.54. The highest BCUT2D eigenvalue weighted by atomic mass is 19.1.